The first kappa shape index (κ1) is 16.0. The van der Waals surface area contributed by atoms with E-state index in [-0.39, 0.29) is 0 Å². The van der Waals surface area contributed by atoms with E-state index < -0.39 is 0 Å². The van der Waals surface area contributed by atoms with E-state index in [0.717, 1.165) is 28.2 Å². The molecule has 26 heavy (non-hydrogen) atoms. The Kier molecular flexibility index (Phi) is 4.19. The van der Waals surface area contributed by atoms with Crippen LogP contribution in [0.1, 0.15) is 5.56 Å². The predicted molar refractivity (Wildman–Crippen MR) is 102 cm³/mol. The molecule has 0 saturated carbocycles. The third-order valence-electron chi connectivity index (χ3n) is 4.21. The van der Waals surface area contributed by atoms with Gasteiger partial charge in [0.15, 0.2) is 11.4 Å². The van der Waals surface area contributed by atoms with Crippen molar-refractivity contribution in [2.75, 3.05) is 12.8 Å². The van der Waals surface area contributed by atoms with Crippen molar-refractivity contribution in [3.8, 4) is 22.8 Å². The molecule has 4 rings (SSSR count). The highest BCUT2D eigenvalue weighted by Crippen LogP contribution is 2.29. The summed E-state index contributed by atoms with van der Waals surface area (Å²) < 4.78 is 13.2. The van der Waals surface area contributed by atoms with E-state index in [0.29, 0.717) is 18.0 Å². The highest BCUT2D eigenvalue weighted by atomic mass is 16.5. The Morgan fingerprint density at radius 2 is 1.85 bits per heavy atom. The van der Waals surface area contributed by atoms with E-state index in [1.165, 1.54) is 0 Å². The SMILES string of the molecule is COc1ccc(-c2cn3cccc(OCc4ccccc4)c3n2)cc1N. The van der Waals surface area contributed by atoms with Crippen LogP contribution in [0.25, 0.3) is 16.9 Å². The molecule has 0 bridgehead atoms. The maximum Gasteiger partial charge on any atom is 0.180 e. The number of rotatable bonds is 5. The average molecular weight is 345 g/mol. The minimum atomic E-state index is 0.498. The fourth-order valence-corrected chi connectivity index (χ4v) is 2.87. The monoisotopic (exact) mass is 345 g/mol. The third-order valence-corrected chi connectivity index (χ3v) is 4.21. The number of pyridine rings is 1. The number of methoxy groups -OCH3 is 1. The van der Waals surface area contributed by atoms with Crippen molar-refractivity contribution in [3.05, 3.63) is 78.6 Å². The fraction of sp³-hybridized carbons (Fsp3) is 0.0952. The van der Waals surface area contributed by atoms with Gasteiger partial charge >= 0.3 is 0 Å². The van der Waals surface area contributed by atoms with Gasteiger partial charge in [-0.15, -0.1) is 0 Å². The third kappa shape index (κ3) is 3.07. The van der Waals surface area contributed by atoms with Crippen molar-refractivity contribution in [1.82, 2.24) is 9.38 Å². The van der Waals surface area contributed by atoms with Crippen molar-refractivity contribution in [3.63, 3.8) is 0 Å². The van der Waals surface area contributed by atoms with E-state index in [2.05, 4.69) is 0 Å². The van der Waals surface area contributed by atoms with Crippen LogP contribution in [-0.2, 0) is 6.61 Å². The first-order valence-electron chi connectivity index (χ1n) is 8.33. The number of aromatic nitrogens is 2. The minimum Gasteiger partial charge on any atom is -0.495 e. The summed E-state index contributed by atoms with van der Waals surface area (Å²) in [4.78, 5) is 4.73. The maximum absolute atomic E-state index is 6.02. The number of hydrogen-bond acceptors (Lipinski definition) is 4. The molecule has 2 heterocycles. The van der Waals surface area contributed by atoms with Crippen LogP contribution in [0.5, 0.6) is 11.5 Å². The molecule has 0 amide bonds. The number of anilines is 1. The lowest BCUT2D eigenvalue weighted by Crippen LogP contribution is -1.97. The summed E-state index contributed by atoms with van der Waals surface area (Å²) >= 11 is 0. The minimum absolute atomic E-state index is 0.498. The number of hydrogen-bond donors (Lipinski definition) is 1. The standard InChI is InChI=1S/C21H19N3O2/c1-25-19-10-9-16(12-17(19)22)18-13-24-11-5-8-20(21(24)23-18)26-14-15-6-3-2-4-7-15/h2-13H,14,22H2,1H3. The number of benzene rings is 2. The van der Waals surface area contributed by atoms with Crippen LogP contribution in [0.4, 0.5) is 5.69 Å². The van der Waals surface area contributed by atoms with E-state index in [9.17, 15) is 0 Å². The number of nitrogen functional groups attached to an aromatic ring is 1. The summed E-state index contributed by atoms with van der Waals surface area (Å²) in [5.74, 6) is 1.40. The first-order chi connectivity index (χ1) is 12.7. The molecule has 2 aromatic carbocycles. The van der Waals surface area contributed by atoms with Crippen LogP contribution in [-0.4, -0.2) is 16.5 Å². The normalized spacial score (nSPS) is 10.8. The Morgan fingerprint density at radius 3 is 2.62 bits per heavy atom. The fourth-order valence-electron chi connectivity index (χ4n) is 2.87. The smallest absolute Gasteiger partial charge is 0.180 e. The number of ether oxygens (including phenoxy) is 2. The van der Waals surface area contributed by atoms with Crippen molar-refractivity contribution in [2.24, 2.45) is 0 Å². The topological polar surface area (TPSA) is 61.8 Å². The molecule has 5 nitrogen and oxygen atoms in total. The zero-order valence-corrected chi connectivity index (χ0v) is 14.4. The molecule has 2 N–H and O–H groups in total. The number of nitrogens with two attached hydrogens (primary N) is 1. The highest BCUT2D eigenvalue weighted by Gasteiger charge is 2.10. The summed E-state index contributed by atoms with van der Waals surface area (Å²) in [7, 11) is 1.60. The largest absolute Gasteiger partial charge is 0.495 e. The molecule has 0 aliphatic carbocycles. The molecule has 0 spiro atoms. The van der Waals surface area contributed by atoms with Gasteiger partial charge in [-0.2, -0.15) is 0 Å². The molecular weight excluding hydrogens is 326 g/mol. The van der Waals surface area contributed by atoms with Crippen molar-refractivity contribution < 1.29 is 9.47 Å². The maximum atomic E-state index is 6.02. The lowest BCUT2D eigenvalue weighted by molar-refractivity contribution is 0.308. The Bertz CT molecular complexity index is 1040. The van der Waals surface area contributed by atoms with Crippen LogP contribution < -0.4 is 15.2 Å². The van der Waals surface area contributed by atoms with E-state index in [1.807, 2.05) is 77.5 Å². The molecule has 130 valence electrons. The second kappa shape index (κ2) is 6.80. The van der Waals surface area contributed by atoms with E-state index >= 15 is 0 Å². The summed E-state index contributed by atoms with van der Waals surface area (Å²) in [5, 5.41) is 0. The van der Waals surface area contributed by atoms with Gasteiger partial charge in [0.25, 0.3) is 0 Å². The van der Waals surface area contributed by atoms with Crippen molar-refractivity contribution >= 4 is 11.3 Å². The van der Waals surface area contributed by atoms with Gasteiger partial charge in [-0.25, -0.2) is 4.98 Å². The van der Waals surface area contributed by atoms with E-state index in [1.54, 1.807) is 7.11 Å². The van der Waals surface area contributed by atoms with Gasteiger partial charge in [-0.05, 0) is 35.9 Å². The second-order valence-electron chi connectivity index (χ2n) is 5.96. The number of nitrogens with zero attached hydrogens (tertiary/aromatic N) is 2. The number of fused-ring (bicyclic) bond motifs is 1. The van der Waals surface area contributed by atoms with Gasteiger partial charge in [-0.3, -0.25) is 0 Å². The van der Waals surface area contributed by atoms with Crippen LogP contribution in [0.3, 0.4) is 0 Å². The lowest BCUT2D eigenvalue weighted by Gasteiger charge is -2.07. The van der Waals surface area contributed by atoms with E-state index in [4.69, 9.17) is 20.2 Å². The summed E-state index contributed by atoms with van der Waals surface area (Å²) in [6.45, 7) is 0.498. The van der Waals surface area contributed by atoms with Gasteiger partial charge in [0, 0.05) is 18.0 Å². The molecular formula is C21H19N3O2. The molecule has 0 unspecified atom stereocenters. The zero-order valence-electron chi connectivity index (χ0n) is 14.4. The summed E-state index contributed by atoms with van der Waals surface area (Å²) in [5.41, 5.74) is 10.3. The van der Waals surface area contributed by atoms with Gasteiger partial charge < -0.3 is 19.6 Å². The van der Waals surface area contributed by atoms with Crippen LogP contribution in [0.15, 0.2) is 73.1 Å². The van der Waals surface area contributed by atoms with Crippen molar-refractivity contribution in [2.45, 2.75) is 6.61 Å². The average Bonchev–Trinajstić information content (AvgIpc) is 3.12. The van der Waals surface area contributed by atoms with Crippen LogP contribution in [0, 0.1) is 0 Å². The Balaban J connectivity index is 1.66. The Labute approximate surface area is 151 Å². The molecule has 0 radical (unpaired) electrons. The van der Waals surface area contributed by atoms with Gasteiger partial charge in [0.2, 0.25) is 0 Å². The Morgan fingerprint density at radius 1 is 1.00 bits per heavy atom. The van der Waals surface area contributed by atoms with Crippen LogP contribution in [0.2, 0.25) is 0 Å². The van der Waals surface area contributed by atoms with Gasteiger partial charge in [0.05, 0.1) is 18.5 Å². The quantitative estimate of drug-likeness (QED) is 0.552. The lowest BCUT2D eigenvalue weighted by atomic mass is 10.1. The second-order valence-corrected chi connectivity index (χ2v) is 5.96. The van der Waals surface area contributed by atoms with Crippen LogP contribution >= 0.6 is 0 Å². The summed E-state index contributed by atoms with van der Waals surface area (Å²) in [6.07, 6.45) is 3.92. The zero-order chi connectivity index (χ0) is 17.9. The first-order valence-corrected chi connectivity index (χ1v) is 8.33. The molecule has 0 aliphatic heterocycles. The molecule has 0 saturated heterocycles. The predicted octanol–water partition coefficient (Wildman–Crippen LogP) is 4.17. The molecule has 0 atom stereocenters. The van der Waals surface area contributed by atoms with Gasteiger partial charge in [-0.1, -0.05) is 30.3 Å². The molecule has 2 aromatic heterocycles. The summed E-state index contributed by atoms with van der Waals surface area (Å²) in [6, 6.07) is 19.6. The molecule has 4 aromatic rings. The number of imidazole rings is 1. The Hall–Kier alpha value is -3.47. The molecule has 0 aliphatic rings. The highest BCUT2D eigenvalue weighted by molar-refractivity contribution is 5.71. The molecule has 5 heteroatoms. The molecule has 0 fully saturated rings. The van der Waals surface area contributed by atoms with Crippen molar-refractivity contribution in [1.29, 1.82) is 0 Å². The van der Waals surface area contributed by atoms with Gasteiger partial charge in [0.1, 0.15) is 12.4 Å².